The quantitative estimate of drug-likeness (QED) is 0.794. The van der Waals surface area contributed by atoms with E-state index in [-0.39, 0.29) is 0 Å². The Balaban J connectivity index is 1.67. The highest BCUT2D eigenvalue weighted by atomic mass is 15.2. The monoisotopic (exact) mass is 382 g/mol. The van der Waals surface area contributed by atoms with E-state index in [4.69, 9.17) is 10.7 Å². The Morgan fingerprint density at radius 2 is 1.89 bits per heavy atom. The lowest BCUT2D eigenvalue weighted by atomic mass is 9.91. The summed E-state index contributed by atoms with van der Waals surface area (Å²) in [5.74, 6) is 0.949. The molecule has 0 spiro atoms. The molecule has 1 aromatic heterocycles. The third-order valence-corrected chi connectivity index (χ3v) is 5.49. The van der Waals surface area contributed by atoms with Gasteiger partial charge in [-0.3, -0.25) is 9.88 Å². The molecule has 1 saturated heterocycles. The number of rotatable bonds is 7. The van der Waals surface area contributed by atoms with Gasteiger partial charge in [-0.1, -0.05) is 12.1 Å². The summed E-state index contributed by atoms with van der Waals surface area (Å²) in [6.07, 6.45) is 3.86. The summed E-state index contributed by atoms with van der Waals surface area (Å²) in [5.41, 5.74) is 10.8. The molecule has 3 rings (SSSR count). The van der Waals surface area contributed by atoms with Crippen LogP contribution in [0.25, 0.3) is 0 Å². The molecule has 0 radical (unpaired) electrons. The van der Waals surface area contributed by atoms with Gasteiger partial charge in [0.15, 0.2) is 0 Å². The van der Waals surface area contributed by atoms with Crippen molar-refractivity contribution in [3.63, 3.8) is 0 Å². The van der Waals surface area contributed by atoms with Crippen LogP contribution in [0.2, 0.25) is 0 Å². The third-order valence-electron chi connectivity index (χ3n) is 5.49. The molecule has 152 valence electrons. The smallest absolute Gasteiger partial charge is 0.142 e. The van der Waals surface area contributed by atoms with Crippen molar-refractivity contribution in [1.82, 2.24) is 19.8 Å². The Bertz CT molecular complexity index is 767. The van der Waals surface area contributed by atoms with E-state index in [1.165, 1.54) is 11.3 Å². The second-order valence-electron chi connectivity index (χ2n) is 8.27. The maximum Gasteiger partial charge on any atom is 0.142 e. The summed E-state index contributed by atoms with van der Waals surface area (Å²) < 4.78 is 0. The van der Waals surface area contributed by atoms with Gasteiger partial charge in [-0.2, -0.15) is 0 Å². The van der Waals surface area contributed by atoms with Crippen LogP contribution < -0.4 is 10.6 Å². The average molecular weight is 383 g/mol. The topological polar surface area (TPSA) is 61.5 Å². The molecule has 6 heteroatoms. The molecule has 2 N–H and O–H groups in total. The predicted molar refractivity (Wildman–Crippen MR) is 117 cm³/mol. The molecule has 0 bridgehead atoms. The van der Waals surface area contributed by atoms with Crippen LogP contribution in [0.1, 0.15) is 35.7 Å². The zero-order chi connectivity index (χ0) is 20.1. The first-order valence-electron chi connectivity index (χ1n) is 10.2. The summed E-state index contributed by atoms with van der Waals surface area (Å²) in [6, 6.07) is 8.77. The number of nitrogens with zero attached hydrogens (tertiary/aromatic N) is 5. The SMILES string of the molecule is Cc1cccc(N2CCC(c3nc(N)cnc3CN(C)CCN(C)C)CC2)c1. The van der Waals surface area contributed by atoms with Gasteiger partial charge in [-0.25, -0.2) is 4.98 Å². The molecule has 0 amide bonds. The first-order chi connectivity index (χ1) is 13.4. The van der Waals surface area contributed by atoms with Gasteiger partial charge in [0.2, 0.25) is 0 Å². The maximum atomic E-state index is 5.99. The first kappa shape index (κ1) is 20.6. The average Bonchev–Trinajstić information content (AvgIpc) is 2.68. The normalized spacial score (nSPS) is 15.6. The number of hydrogen-bond donors (Lipinski definition) is 1. The van der Waals surface area contributed by atoms with Gasteiger partial charge in [-0.05, 0) is 58.6 Å². The molecular formula is C22H34N6. The van der Waals surface area contributed by atoms with E-state index < -0.39 is 0 Å². The lowest BCUT2D eigenvalue weighted by molar-refractivity contribution is 0.272. The molecule has 1 aliphatic heterocycles. The lowest BCUT2D eigenvalue weighted by Crippen LogP contribution is -2.34. The second-order valence-corrected chi connectivity index (χ2v) is 8.27. The summed E-state index contributed by atoms with van der Waals surface area (Å²) in [6.45, 7) is 7.08. The van der Waals surface area contributed by atoms with Gasteiger partial charge < -0.3 is 15.5 Å². The fraction of sp³-hybridized carbons (Fsp3) is 0.545. The van der Waals surface area contributed by atoms with Crippen LogP contribution in [0, 0.1) is 6.92 Å². The number of hydrogen-bond acceptors (Lipinski definition) is 6. The van der Waals surface area contributed by atoms with Crippen LogP contribution in [0.15, 0.2) is 30.5 Å². The van der Waals surface area contributed by atoms with E-state index in [0.29, 0.717) is 11.7 Å². The van der Waals surface area contributed by atoms with Crippen molar-refractivity contribution in [3.8, 4) is 0 Å². The van der Waals surface area contributed by atoms with Gasteiger partial charge in [-0.15, -0.1) is 0 Å². The second kappa shape index (κ2) is 9.34. The van der Waals surface area contributed by atoms with Crippen molar-refractivity contribution in [1.29, 1.82) is 0 Å². The van der Waals surface area contributed by atoms with Crippen LogP contribution in [0.3, 0.4) is 0 Å². The Kier molecular flexibility index (Phi) is 6.86. The lowest BCUT2D eigenvalue weighted by Gasteiger charge is -2.34. The van der Waals surface area contributed by atoms with E-state index >= 15 is 0 Å². The highest BCUT2D eigenvalue weighted by Gasteiger charge is 2.25. The standard InChI is InChI=1S/C22H34N6/c1-17-6-5-7-19(14-17)28-10-8-18(9-11-28)22-20(24-15-21(23)25-22)16-27(4)13-12-26(2)3/h5-7,14-15,18H,8-13,16H2,1-4H3,(H2,23,25). The largest absolute Gasteiger partial charge is 0.382 e. The molecule has 2 heterocycles. The number of likely N-dealkylation sites (N-methyl/N-ethyl adjacent to an activating group) is 2. The number of aromatic nitrogens is 2. The third kappa shape index (κ3) is 5.42. The summed E-state index contributed by atoms with van der Waals surface area (Å²) in [7, 11) is 6.35. The number of benzene rings is 1. The number of anilines is 2. The fourth-order valence-corrected chi connectivity index (χ4v) is 3.83. The fourth-order valence-electron chi connectivity index (χ4n) is 3.83. The highest BCUT2D eigenvalue weighted by molar-refractivity contribution is 5.49. The summed E-state index contributed by atoms with van der Waals surface area (Å²) >= 11 is 0. The number of piperidine rings is 1. The van der Waals surface area contributed by atoms with E-state index in [1.54, 1.807) is 6.20 Å². The van der Waals surface area contributed by atoms with Crippen molar-refractivity contribution in [2.75, 3.05) is 58.0 Å². The van der Waals surface area contributed by atoms with Crippen LogP contribution in [-0.2, 0) is 6.54 Å². The highest BCUT2D eigenvalue weighted by Crippen LogP contribution is 2.31. The molecule has 0 aliphatic carbocycles. The van der Waals surface area contributed by atoms with Crippen molar-refractivity contribution >= 4 is 11.5 Å². The van der Waals surface area contributed by atoms with Crippen LogP contribution in [-0.4, -0.2) is 67.1 Å². The van der Waals surface area contributed by atoms with E-state index in [9.17, 15) is 0 Å². The first-order valence-corrected chi connectivity index (χ1v) is 10.2. The minimum atomic E-state index is 0.425. The van der Waals surface area contributed by atoms with Gasteiger partial charge in [0.25, 0.3) is 0 Å². The zero-order valence-electron chi connectivity index (χ0n) is 17.7. The molecule has 2 aromatic rings. The molecule has 0 saturated carbocycles. The molecule has 1 aromatic carbocycles. The summed E-state index contributed by atoms with van der Waals surface area (Å²) in [4.78, 5) is 16.4. The number of nitrogens with two attached hydrogens (primary N) is 1. The van der Waals surface area contributed by atoms with E-state index in [1.807, 2.05) is 0 Å². The molecule has 0 unspecified atom stereocenters. The van der Waals surface area contributed by atoms with Gasteiger partial charge in [0.05, 0.1) is 17.6 Å². The van der Waals surface area contributed by atoms with Crippen LogP contribution in [0.4, 0.5) is 11.5 Å². The van der Waals surface area contributed by atoms with E-state index in [2.05, 4.69) is 72.0 Å². The molecule has 1 aliphatic rings. The minimum absolute atomic E-state index is 0.425. The van der Waals surface area contributed by atoms with Gasteiger partial charge in [0, 0.05) is 44.3 Å². The van der Waals surface area contributed by atoms with Gasteiger partial charge in [0.1, 0.15) is 5.82 Å². The minimum Gasteiger partial charge on any atom is -0.382 e. The Morgan fingerprint density at radius 1 is 1.14 bits per heavy atom. The van der Waals surface area contributed by atoms with Crippen LogP contribution >= 0.6 is 0 Å². The molecule has 28 heavy (non-hydrogen) atoms. The number of nitrogen functional groups attached to an aromatic ring is 1. The van der Waals surface area contributed by atoms with Crippen molar-refractivity contribution in [3.05, 3.63) is 47.4 Å². The van der Waals surface area contributed by atoms with Crippen molar-refractivity contribution < 1.29 is 0 Å². The predicted octanol–water partition coefficient (Wildman–Crippen LogP) is 2.74. The van der Waals surface area contributed by atoms with E-state index in [0.717, 1.165) is 57.0 Å². The van der Waals surface area contributed by atoms with Gasteiger partial charge >= 0.3 is 0 Å². The zero-order valence-corrected chi connectivity index (χ0v) is 17.7. The number of aryl methyl sites for hydroxylation is 1. The Hall–Kier alpha value is -2.18. The molecular weight excluding hydrogens is 348 g/mol. The Labute approximate surface area is 169 Å². The molecule has 1 fully saturated rings. The van der Waals surface area contributed by atoms with Crippen molar-refractivity contribution in [2.24, 2.45) is 0 Å². The summed E-state index contributed by atoms with van der Waals surface area (Å²) in [5, 5.41) is 0. The maximum absolute atomic E-state index is 5.99. The molecule has 0 atom stereocenters. The van der Waals surface area contributed by atoms with Crippen molar-refractivity contribution in [2.45, 2.75) is 32.2 Å². The Morgan fingerprint density at radius 3 is 2.57 bits per heavy atom. The molecule has 6 nitrogen and oxygen atoms in total. The van der Waals surface area contributed by atoms with Crippen LogP contribution in [0.5, 0.6) is 0 Å².